The second-order valence-electron chi connectivity index (χ2n) is 9.94. The summed E-state index contributed by atoms with van der Waals surface area (Å²) in [6.45, 7) is 7.40. The van der Waals surface area contributed by atoms with E-state index in [2.05, 4.69) is 166 Å². The van der Waals surface area contributed by atoms with Crippen molar-refractivity contribution in [1.82, 2.24) is 0 Å². The molecule has 0 aliphatic carbocycles. The summed E-state index contributed by atoms with van der Waals surface area (Å²) in [5.74, 6) is 0. The molecule has 44 heavy (non-hydrogen) atoms. The molecule has 0 amide bonds. The number of hydrogen-bond acceptors (Lipinski definition) is 0. The van der Waals surface area contributed by atoms with E-state index in [1.54, 1.807) is 0 Å². The molecule has 4 heteroatoms. The van der Waals surface area contributed by atoms with Gasteiger partial charge in [-0.1, -0.05) is 140 Å². The Morgan fingerprint density at radius 3 is 1.55 bits per heavy atom. The first-order valence-corrected chi connectivity index (χ1v) is 17.6. The van der Waals surface area contributed by atoms with Crippen molar-refractivity contribution in [2.24, 2.45) is 0 Å². The van der Waals surface area contributed by atoms with E-state index in [9.17, 15) is 0 Å². The summed E-state index contributed by atoms with van der Waals surface area (Å²) < 4.78 is 0. The SMILES string of the molecule is Cc1cc2c(-c3ccccc3)ccc(C)c2[cH-]1.Cl.Cl.[CH3-].[CH3-].[Si]=[Zr].c1ccc(-c2cc3c(-c4ccccc4)cccc3[cH-]2)cc1. The van der Waals surface area contributed by atoms with Crippen molar-refractivity contribution in [3.63, 3.8) is 0 Å². The van der Waals surface area contributed by atoms with E-state index in [1.165, 1.54) is 89.4 Å². The molecular weight excluding hydrogens is 671 g/mol. The van der Waals surface area contributed by atoms with Crippen LogP contribution in [0.5, 0.6) is 0 Å². The van der Waals surface area contributed by atoms with Gasteiger partial charge in [0, 0.05) is 0 Å². The Morgan fingerprint density at radius 1 is 0.500 bits per heavy atom. The van der Waals surface area contributed by atoms with E-state index in [4.69, 9.17) is 0 Å². The van der Waals surface area contributed by atoms with Crippen LogP contribution < -0.4 is 0 Å². The van der Waals surface area contributed by atoms with Gasteiger partial charge in [-0.05, 0) is 11.1 Å². The summed E-state index contributed by atoms with van der Waals surface area (Å²) in [6, 6.07) is 51.8. The molecular formula is C40H38Cl2SiZr-4. The fourth-order valence-electron chi connectivity index (χ4n) is 5.36. The zero-order valence-electron chi connectivity index (χ0n) is 25.7. The molecule has 0 nitrogen and oxygen atoms in total. The van der Waals surface area contributed by atoms with Crippen LogP contribution in [0.25, 0.3) is 54.9 Å². The zero-order valence-corrected chi connectivity index (χ0v) is 30.8. The van der Waals surface area contributed by atoms with Crippen molar-refractivity contribution in [1.29, 1.82) is 0 Å². The summed E-state index contributed by atoms with van der Waals surface area (Å²) in [7, 11) is 0. The van der Waals surface area contributed by atoms with Gasteiger partial charge in [0.1, 0.15) is 0 Å². The normalized spacial score (nSPS) is 9.48. The topological polar surface area (TPSA) is 0 Å². The van der Waals surface area contributed by atoms with Crippen LogP contribution >= 0.6 is 24.8 Å². The van der Waals surface area contributed by atoms with Crippen LogP contribution in [0, 0.1) is 28.7 Å². The minimum absolute atomic E-state index is 0. The molecule has 7 rings (SSSR count). The first-order chi connectivity index (χ1) is 19.7. The van der Waals surface area contributed by atoms with Crippen molar-refractivity contribution >= 4 is 53.2 Å². The van der Waals surface area contributed by atoms with Gasteiger partial charge in [-0.25, -0.2) is 0 Å². The van der Waals surface area contributed by atoms with Gasteiger partial charge in [0.2, 0.25) is 0 Å². The largest absolute Gasteiger partial charge is 0.144 e. The van der Waals surface area contributed by atoms with Crippen molar-refractivity contribution < 1.29 is 23.3 Å². The summed E-state index contributed by atoms with van der Waals surface area (Å²) in [5, 5.41) is 5.37. The molecule has 0 fully saturated rings. The molecule has 0 heterocycles. The Hall–Kier alpha value is -3.00. The van der Waals surface area contributed by atoms with E-state index < -0.39 is 0 Å². The molecule has 0 aliphatic heterocycles. The van der Waals surface area contributed by atoms with Gasteiger partial charge in [0.05, 0.1) is 0 Å². The number of fused-ring (bicyclic) bond motifs is 2. The van der Waals surface area contributed by atoms with E-state index in [-0.39, 0.29) is 39.7 Å². The second-order valence-corrected chi connectivity index (χ2v) is 9.94. The van der Waals surface area contributed by atoms with E-state index in [0.717, 1.165) is 0 Å². The molecule has 0 bridgehead atoms. The Labute approximate surface area is 293 Å². The summed E-state index contributed by atoms with van der Waals surface area (Å²) in [6.07, 6.45) is 0. The first-order valence-electron chi connectivity index (χ1n) is 13.4. The number of rotatable bonds is 3. The molecule has 0 spiro atoms. The first kappa shape index (κ1) is 39.0. The van der Waals surface area contributed by atoms with Gasteiger partial charge in [-0.3, -0.25) is 0 Å². The molecule has 224 valence electrons. The van der Waals surface area contributed by atoms with Crippen LogP contribution in [0.4, 0.5) is 0 Å². The van der Waals surface area contributed by atoms with Gasteiger partial charge in [0.15, 0.2) is 0 Å². The zero-order chi connectivity index (χ0) is 27.9. The third-order valence-corrected chi connectivity index (χ3v) is 7.28. The second kappa shape index (κ2) is 18.7. The van der Waals surface area contributed by atoms with Crippen LogP contribution in [0.1, 0.15) is 11.1 Å². The minimum atomic E-state index is 0. The third-order valence-electron chi connectivity index (χ3n) is 7.28. The van der Waals surface area contributed by atoms with Gasteiger partial charge in [-0.2, -0.15) is 6.07 Å². The van der Waals surface area contributed by atoms with Crippen molar-refractivity contribution in [2.45, 2.75) is 13.8 Å². The maximum absolute atomic E-state index is 3.06. The molecule has 7 aromatic rings. The molecule has 0 unspecified atom stereocenters. The smallest absolute Gasteiger partial charge is 0.0259 e. The fourth-order valence-corrected chi connectivity index (χ4v) is 5.36. The van der Waals surface area contributed by atoms with Gasteiger partial charge < -0.3 is 14.9 Å². The number of hydrogen-bond donors (Lipinski definition) is 0. The number of aryl methyl sites for hydroxylation is 2. The van der Waals surface area contributed by atoms with Crippen LogP contribution in [-0.2, 0) is 23.3 Å². The average Bonchev–Trinajstić information content (AvgIpc) is 3.64. The molecule has 0 aliphatic rings. The van der Waals surface area contributed by atoms with Crippen LogP contribution in [0.15, 0.2) is 146 Å². The van der Waals surface area contributed by atoms with Gasteiger partial charge >= 0.3 is 30.2 Å². The summed E-state index contributed by atoms with van der Waals surface area (Å²) in [5.41, 5.74) is 10.5. The Bertz CT molecular complexity index is 1840. The van der Waals surface area contributed by atoms with E-state index >= 15 is 0 Å². The summed E-state index contributed by atoms with van der Waals surface area (Å²) in [4.78, 5) is 0. The van der Waals surface area contributed by atoms with Gasteiger partial charge in [0.25, 0.3) is 0 Å². The molecule has 7 aromatic carbocycles. The molecule has 0 saturated heterocycles. The molecule has 0 atom stereocenters. The van der Waals surface area contributed by atoms with Gasteiger partial charge in [-0.15, -0.1) is 93.4 Å². The maximum atomic E-state index is 3.06. The van der Waals surface area contributed by atoms with Crippen LogP contribution in [-0.4, -0.2) is 6.88 Å². The fraction of sp³-hybridized carbons (Fsp3) is 0.0500. The molecule has 0 saturated carbocycles. The van der Waals surface area contributed by atoms with Crippen molar-refractivity contribution in [3.8, 4) is 33.4 Å². The quantitative estimate of drug-likeness (QED) is 0.127. The maximum Gasteiger partial charge on any atom is -0.0259 e. The Morgan fingerprint density at radius 2 is 1.00 bits per heavy atom. The Balaban J connectivity index is 0.000000390. The van der Waals surface area contributed by atoms with E-state index in [1.807, 2.05) is 0 Å². The summed E-state index contributed by atoms with van der Waals surface area (Å²) >= 11 is 1.36. The molecule has 0 aromatic heterocycles. The molecule has 2 radical (unpaired) electrons. The standard InChI is InChI=1S/C21H15.C17H15.2CH3.2ClH.Si.Zr/c1-3-8-16(9-4-1)19-14-18-12-7-13-20(21(18)15-19)17-10-5-2-6-11-17;1-12-10-16-13(2)8-9-15(17(16)11-12)14-6-4-3-5-7-14;;;;;;/h1-15H;3-11H,1-2H3;2*1H3;2*1H;;/q4*-1;;;;. The number of halogens is 2. The molecule has 0 N–H and O–H groups in total. The predicted octanol–water partition coefficient (Wildman–Crippen LogP) is 12.1. The minimum Gasteiger partial charge on any atom is -0.144 e. The van der Waals surface area contributed by atoms with Crippen LogP contribution in [0.3, 0.4) is 0 Å². The van der Waals surface area contributed by atoms with Crippen LogP contribution in [0.2, 0.25) is 0 Å². The Kier molecular flexibility index (Phi) is 16.6. The number of benzene rings is 5. The van der Waals surface area contributed by atoms with Crippen molar-refractivity contribution in [2.75, 3.05) is 0 Å². The van der Waals surface area contributed by atoms with E-state index in [0.29, 0.717) is 0 Å². The van der Waals surface area contributed by atoms with Crippen molar-refractivity contribution in [3.05, 3.63) is 172 Å². The predicted molar refractivity (Wildman–Crippen MR) is 198 cm³/mol. The average molecular weight is 709 g/mol. The third kappa shape index (κ3) is 8.80. The monoisotopic (exact) mass is 706 g/mol.